The fourth-order valence-corrected chi connectivity index (χ4v) is 1.21. The Bertz CT molecular complexity index is 459. The van der Waals surface area contributed by atoms with Crippen LogP contribution in [-0.2, 0) is 6.54 Å². The Kier molecular flexibility index (Phi) is 4.28. The van der Waals surface area contributed by atoms with E-state index in [0.717, 1.165) is 11.3 Å². The van der Waals surface area contributed by atoms with Crippen LogP contribution in [0.3, 0.4) is 0 Å². The average molecular weight is 242 g/mol. The summed E-state index contributed by atoms with van der Waals surface area (Å²) in [5, 5.41) is 7.66. The third-order valence-corrected chi connectivity index (χ3v) is 1.96. The number of methoxy groups -OCH3 is 1. The predicted octanol–water partition coefficient (Wildman–Crippen LogP) is 1.63. The Balaban J connectivity index is 0.00000128. The molecule has 0 bridgehead atoms. The van der Waals surface area contributed by atoms with Gasteiger partial charge in [-0.1, -0.05) is 6.07 Å². The highest BCUT2D eigenvalue weighted by Crippen LogP contribution is 2.22. The zero-order valence-electron chi connectivity index (χ0n) is 8.71. The van der Waals surface area contributed by atoms with Gasteiger partial charge in [0.25, 0.3) is 0 Å². The minimum atomic E-state index is 0. The summed E-state index contributed by atoms with van der Waals surface area (Å²) in [7, 11) is 1.61. The quantitative estimate of drug-likeness (QED) is 0.884. The lowest BCUT2D eigenvalue weighted by Gasteiger charge is -1.99. The van der Waals surface area contributed by atoms with E-state index in [4.69, 9.17) is 14.9 Å². The van der Waals surface area contributed by atoms with Crippen LogP contribution >= 0.6 is 12.4 Å². The lowest BCUT2D eigenvalue weighted by atomic mass is 10.2. The number of nitrogens with two attached hydrogens (primary N) is 1. The molecular formula is C10H12ClN3O2. The van der Waals surface area contributed by atoms with E-state index in [1.165, 1.54) is 0 Å². The molecule has 0 amide bonds. The van der Waals surface area contributed by atoms with Gasteiger partial charge in [-0.05, 0) is 18.2 Å². The van der Waals surface area contributed by atoms with E-state index in [1.807, 2.05) is 24.3 Å². The maximum atomic E-state index is 5.38. The predicted molar refractivity (Wildman–Crippen MR) is 61.4 cm³/mol. The van der Waals surface area contributed by atoms with Gasteiger partial charge >= 0.3 is 0 Å². The van der Waals surface area contributed by atoms with Gasteiger partial charge in [-0.3, -0.25) is 0 Å². The summed E-state index contributed by atoms with van der Waals surface area (Å²) in [5.41, 5.74) is 6.20. The Morgan fingerprint density at radius 2 is 2.19 bits per heavy atom. The molecule has 0 fully saturated rings. The molecule has 5 nitrogen and oxygen atoms in total. The topological polar surface area (TPSA) is 74.2 Å². The molecule has 1 aromatic carbocycles. The number of hydrogen-bond donors (Lipinski definition) is 1. The van der Waals surface area contributed by atoms with Crippen LogP contribution in [0.5, 0.6) is 5.75 Å². The molecule has 0 saturated heterocycles. The summed E-state index contributed by atoms with van der Waals surface area (Å²) < 4.78 is 10.4. The number of aromatic nitrogens is 2. The van der Waals surface area contributed by atoms with Crippen molar-refractivity contribution in [1.29, 1.82) is 0 Å². The minimum Gasteiger partial charge on any atom is -0.497 e. The summed E-state index contributed by atoms with van der Waals surface area (Å²) in [6.45, 7) is 0.247. The number of halogens is 1. The molecule has 86 valence electrons. The lowest BCUT2D eigenvalue weighted by molar-refractivity contribution is 0.414. The van der Waals surface area contributed by atoms with Crippen molar-refractivity contribution in [2.45, 2.75) is 6.54 Å². The van der Waals surface area contributed by atoms with Gasteiger partial charge in [0.05, 0.1) is 13.7 Å². The van der Waals surface area contributed by atoms with Crippen LogP contribution in [0.1, 0.15) is 5.89 Å². The van der Waals surface area contributed by atoms with Crippen LogP contribution in [0.2, 0.25) is 0 Å². The zero-order valence-corrected chi connectivity index (χ0v) is 9.53. The summed E-state index contributed by atoms with van der Waals surface area (Å²) in [5.74, 6) is 1.63. The molecule has 0 saturated carbocycles. The van der Waals surface area contributed by atoms with Gasteiger partial charge in [-0.25, -0.2) is 0 Å². The maximum absolute atomic E-state index is 5.38. The Morgan fingerprint density at radius 1 is 1.38 bits per heavy atom. The first-order chi connectivity index (χ1) is 7.33. The SMILES string of the molecule is COc1cccc(-c2nnc(CN)o2)c1.Cl. The molecule has 2 N–H and O–H groups in total. The average Bonchev–Trinajstić information content (AvgIpc) is 2.78. The van der Waals surface area contributed by atoms with Crippen molar-refractivity contribution in [3.63, 3.8) is 0 Å². The molecule has 0 spiro atoms. The lowest BCUT2D eigenvalue weighted by Crippen LogP contribution is -1.95. The molecule has 0 aliphatic carbocycles. The first-order valence-corrected chi connectivity index (χ1v) is 4.50. The second-order valence-electron chi connectivity index (χ2n) is 2.94. The van der Waals surface area contributed by atoms with Crippen molar-refractivity contribution in [1.82, 2.24) is 10.2 Å². The summed E-state index contributed by atoms with van der Waals surface area (Å²) in [4.78, 5) is 0. The molecule has 0 aliphatic heterocycles. The monoisotopic (exact) mass is 241 g/mol. The second-order valence-corrected chi connectivity index (χ2v) is 2.94. The number of hydrogen-bond acceptors (Lipinski definition) is 5. The molecule has 0 aliphatic rings. The van der Waals surface area contributed by atoms with Gasteiger partial charge in [0.1, 0.15) is 5.75 Å². The minimum absolute atomic E-state index is 0. The van der Waals surface area contributed by atoms with E-state index in [1.54, 1.807) is 7.11 Å². The number of ether oxygens (including phenoxy) is 1. The van der Waals surface area contributed by atoms with Crippen molar-refractivity contribution in [2.24, 2.45) is 5.73 Å². The molecule has 2 aromatic rings. The Morgan fingerprint density at radius 3 is 2.81 bits per heavy atom. The molecule has 16 heavy (non-hydrogen) atoms. The van der Waals surface area contributed by atoms with Gasteiger partial charge in [-0.15, -0.1) is 22.6 Å². The van der Waals surface area contributed by atoms with Crippen LogP contribution < -0.4 is 10.5 Å². The number of nitrogens with zero attached hydrogens (tertiary/aromatic N) is 2. The van der Waals surface area contributed by atoms with Crippen molar-refractivity contribution in [2.75, 3.05) is 7.11 Å². The third-order valence-electron chi connectivity index (χ3n) is 1.96. The van der Waals surface area contributed by atoms with Crippen molar-refractivity contribution in [3.8, 4) is 17.2 Å². The Labute approximate surface area is 99.0 Å². The molecule has 1 heterocycles. The van der Waals surface area contributed by atoms with E-state index in [9.17, 15) is 0 Å². The molecule has 2 rings (SSSR count). The van der Waals surface area contributed by atoms with E-state index in [-0.39, 0.29) is 19.0 Å². The van der Waals surface area contributed by atoms with Gasteiger partial charge in [-0.2, -0.15) is 0 Å². The first kappa shape index (κ1) is 12.5. The van der Waals surface area contributed by atoms with Gasteiger partial charge in [0.2, 0.25) is 11.8 Å². The third kappa shape index (κ3) is 2.50. The fourth-order valence-electron chi connectivity index (χ4n) is 1.21. The van der Waals surface area contributed by atoms with Gasteiger partial charge in [0.15, 0.2) is 0 Å². The normalized spacial score (nSPS) is 9.62. The van der Waals surface area contributed by atoms with Crippen molar-refractivity contribution < 1.29 is 9.15 Å². The standard InChI is InChI=1S/C10H11N3O2.ClH/c1-14-8-4-2-3-7(5-8)10-13-12-9(6-11)15-10;/h2-5H,6,11H2,1H3;1H. The van der Waals surface area contributed by atoms with Crippen LogP contribution in [0.15, 0.2) is 28.7 Å². The van der Waals surface area contributed by atoms with Crippen LogP contribution in [-0.4, -0.2) is 17.3 Å². The molecular weight excluding hydrogens is 230 g/mol. The first-order valence-electron chi connectivity index (χ1n) is 4.50. The van der Waals surface area contributed by atoms with Gasteiger partial charge in [0, 0.05) is 5.56 Å². The zero-order chi connectivity index (χ0) is 10.7. The fraction of sp³-hybridized carbons (Fsp3) is 0.200. The number of rotatable bonds is 3. The Hall–Kier alpha value is -1.59. The summed E-state index contributed by atoms with van der Waals surface area (Å²) >= 11 is 0. The smallest absolute Gasteiger partial charge is 0.247 e. The van der Waals surface area contributed by atoms with Gasteiger partial charge < -0.3 is 14.9 Å². The highest BCUT2D eigenvalue weighted by atomic mass is 35.5. The highest BCUT2D eigenvalue weighted by Gasteiger charge is 2.07. The van der Waals surface area contributed by atoms with Crippen LogP contribution in [0.25, 0.3) is 11.5 Å². The largest absolute Gasteiger partial charge is 0.497 e. The summed E-state index contributed by atoms with van der Waals surface area (Å²) in [6.07, 6.45) is 0. The van der Waals surface area contributed by atoms with Crippen molar-refractivity contribution >= 4 is 12.4 Å². The molecule has 1 aromatic heterocycles. The van der Waals surface area contributed by atoms with E-state index in [2.05, 4.69) is 10.2 Å². The molecule has 6 heteroatoms. The maximum Gasteiger partial charge on any atom is 0.247 e. The molecule has 0 radical (unpaired) electrons. The number of benzene rings is 1. The van der Waals surface area contributed by atoms with E-state index in [0.29, 0.717) is 11.8 Å². The molecule has 0 unspecified atom stereocenters. The molecule has 0 atom stereocenters. The van der Waals surface area contributed by atoms with Crippen LogP contribution in [0.4, 0.5) is 0 Å². The summed E-state index contributed by atoms with van der Waals surface area (Å²) in [6, 6.07) is 7.41. The second kappa shape index (κ2) is 5.48. The highest BCUT2D eigenvalue weighted by molar-refractivity contribution is 5.85. The van der Waals surface area contributed by atoms with E-state index >= 15 is 0 Å². The van der Waals surface area contributed by atoms with Crippen molar-refractivity contribution in [3.05, 3.63) is 30.2 Å². The van der Waals surface area contributed by atoms with E-state index < -0.39 is 0 Å². The van der Waals surface area contributed by atoms with Crippen LogP contribution in [0, 0.1) is 0 Å².